The van der Waals surface area contributed by atoms with E-state index in [1.54, 1.807) is 32.5 Å². The van der Waals surface area contributed by atoms with Crippen LogP contribution in [0.4, 0.5) is 4.79 Å². The molecular formula is C33H51NO8S. The molecule has 7 atom stereocenters. The summed E-state index contributed by atoms with van der Waals surface area (Å²) >= 11 is 1.56. The van der Waals surface area contributed by atoms with Crippen LogP contribution in [0.1, 0.15) is 87.0 Å². The summed E-state index contributed by atoms with van der Waals surface area (Å²) in [7, 11) is 0. The molecular weight excluding hydrogens is 570 g/mol. The second kappa shape index (κ2) is 12.8. The third-order valence-electron chi connectivity index (χ3n) is 9.84. The van der Waals surface area contributed by atoms with Gasteiger partial charge in [-0.1, -0.05) is 32.1 Å². The first-order valence-corrected chi connectivity index (χ1v) is 16.9. The quantitative estimate of drug-likeness (QED) is 0.152. The number of cyclic esters (lactones) is 1. The van der Waals surface area contributed by atoms with Gasteiger partial charge in [-0.15, -0.1) is 0 Å². The van der Waals surface area contributed by atoms with E-state index in [2.05, 4.69) is 25.7 Å². The third kappa shape index (κ3) is 7.44. The third-order valence-corrected chi connectivity index (χ3v) is 10.5. The molecule has 0 aromatic carbocycles. The van der Waals surface area contributed by atoms with E-state index in [0.717, 1.165) is 25.7 Å². The standard InChI is InChI=1S/C33H51NO8S/c1-20-10-13-25-32(7,16-14-26-33(25,8)19-39-31(5,6)41-26)22(20)12-11-21-24(18-38-27(21)35)40-28(36)23(15-17-43-9)34-29(37)42-30(2,3)4/h11,22-26H,1,10,12-19H2,2-9H3,(H,34,37)/b21-11+/t22-,23-,24+,25?,26+,32+,33-/m0/s1. The van der Waals surface area contributed by atoms with Gasteiger partial charge in [-0.25, -0.2) is 14.4 Å². The van der Waals surface area contributed by atoms with E-state index in [-0.39, 0.29) is 29.5 Å². The maximum Gasteiger partial charge on any atom is 0.408 e. The van der Waals surface area contributed by atoms with Crippen molar-refractivity contribution in [2.45, 2.75) is 117 Å². The minimum absolute atomic E-state index is 0.0409. The van der Waals surface area contributed by atoms with Crippen molar-refractivity contribution in [2.24, 2.45) is 22.7 Å². The van der Waals surface area contributed by atoms with E-state index in [4.69, 9.17) is 23.7 Å². The van der Waals surface area contributed by atoms with E-state index < -0.39 is 41.6 Å². The fourth-order valence-corrected chi connectivity index (χ4v) is 8.14. The van der Waals surface area contributed by atoms with Crippen molar-refractivity contribution in [3.05, 3.63) is 23.8 Å². The molecule has 0 bridgehead atoms. The maximum atomic E-state index is 13.2. The van der Waals surface area contributed by atoms with Gasteiger partial charge in [0.05, 0.1) is 18.3 Å². The summed E-state index contributed by atoms with van der Waals surface area (Å²) in [5.41, 5.74) is 0.683. The topological polar surface area (TPSA) is 109 Å². The summed E-state index contributed by atoms with van der Waals surface area (Å²) in [6.07, 6.45) is 7.28. The lowest BCUT2D eigenvalue weighted by Crippen LogP contribution is -2.62. The molecule has 0 aromatic rings. The van der Waals surface area contributed by atoms with Crippen molar-refractivity contribution in [1.82, 2.24) is 5.32 Å². The molecule has 2 aliphatic heterocycles. The zero-order valence-electron chi connectivity index (χ0n) is 27.2. The number of hydrogen-bond donors (Lipinski definition) is 1. The van der Waals surface area contributed by atoms with Gasteiger partial charge in [-0.3, -0.25) is 0 Å². The lowest BCUT2D eigenvalue weighted by Gasteiger charge is -2.63. The predicted molar refractivity (Wildman–Crippen MR) is 165 cm³/mol. The van der Waals surface area contributed by atoms with E-state index in [0.29, 0.717) is 36.7 Å². The van der Waals surface area contributed by atoms with Gasteiger partial charge in [-0.05, 0) is 102 Å². The average Bonchev–Trinajstić information content (AvgIpc) is 3.24. The van der Waals surface area contributed by atoms with Crippen molar-refractivity contribution in [3.8, 4) is 0 Å². The molecule has 2 saturated carbocycles. The normalized spacial score (nSPS) is 35.4. The molecule has 0 aromatic heterocycles. The van der Waals surface area contributed by atoms with Crippen LogP contribution in [0.2, 0.25) is 0 Å². The van der Waals surface area contributed by atoms with Crippen LogP contribution in [-0.2, 0) is 33.3 Å². The Bertz CT molecular complexity index is 1130. The van der Waals surface area contributed by atoms with Gasteiger partial charge in [0.15, 0.2) is 11.9 Å². The minimum Gasteiger partial charge on any atom is -0.458 e. The number of esters is 2. The smallest absolute Gasteiger partial charge is 0.408 e. The summed E-state index contributed by atoms with van der Waals surface area (Å²) < 4.78 is 29.1. The van der Waals surface area contributed by atoms with Gasteiger partial charge in [0.2, 0.25) is 0 Å². The summed E-state index contributed by atoms with van der Waals surface area (Å²) in [6.45, 7) is 19.0. The second-order valence-electron chi connectivity index (χ2n) is 14.5. The van der Waals surface area contributed by atoms with E-state index in [1.807, 2.05) is 26.2 Å². The van der Waals surface area contributed by atoms with Crippen molar-refractivity contribution >= 4 is 29.8 Å². The van der Waals surface area contributed by atoms with E-state index in [1.165, 1.54) is 5.57 Å². The Kier molecular flexibility index (Phi) is 10.0. The number of allylic oxidation sites excluding steroid dienone is 2. The number of carbonyl (C=O) groups is 3. The van der Waals surface area contributed by atoms with Crippen molar-refractivity contribution < 1.29 is 38.1 Å². The molecule has 0 radical (unpaired) electrons. The molecule has 1 N–H and O–H groups in total. The molecule has 4 rings (SSSR count). The lowest BCUT2D eigenvalue weighted by molar-refractivity contribution is -0.344. The van der Waals surface area contributed by atoms with E-state index >= 15 is 0 Å². The SMILES string of the molecule is C=C1CCC2[C@]3(C)COC(C)(C)O[C@@H]3CC[C@]2(C)[C@H]1C/C=C1/C(=O)OC[C@H]1OC(=O)[C@H](CCSC)NC(=O)OC(C)(C)C. The monoisotopic (exact) mass is 621 g/mol. The highest BCUT2D eigenvalue weighted by molar-refractivity contribution is 7.98. The van der Waals surface area contributed by atoms with Gasteiger partial charge < -0.3 is 29.0 Å². The molecule has 4 aliphatic rings. The predicted octanol–water partition coefficient (Wildman–Crippen LogP) is 5.96. The molecule has 242 valence electrons. The van der Waals surface area contributed by atoms with Crippen LogP contribution in [0.15, 0.2) is 23.8 Å². The molecule has 10 heteroatoms. The Morgan fingerprint density at radius 3 is 2.58 bits per heavy atom. The number of amides is 1. The number of ether oxygens (including phenoxy) is 5. The van der Waals surface area contributed by atoms with Gasteiger partial charge in [0, 0.05) is 5.41 Å². The summed E-state index contributed by atoms with van der Waals surface area (Å²) in [5.74, 6) is -0.506. The number of thioether (sulfide) groups is 1. The number of alkyl carbamates (subject to hydrolysis) is 1. The average molecular weight is 622 g/mol. The molecule has 9 nitrogen and oxygen atoms in total. The van der Waals surface area contributed by atoms with Crippen LogP contribution in [0.3, 0.4) is 0 Å². The lowest BCUT2D eigenvalue weighted by atomic mass is 9.46. The van der Waals surface area contributed by atoms with E-state index in [9.17, 15) is 14.4 Å². The first-order valence-electron chi connectivity index (χ1n) is 15.5. The van der Waals surface area contributed by atoms with Crippen molar-refractivity contribution in [3.63, 3.8) is 0 Å². The Hall–Kier alpha value is -2.04. The van der Waals surface area contributed by atoms with Crippen LogP contribution >= 0.6 is 11.8 Å². The molecule has 0 spiro atoms. The minimum atomic E-state index is -0.905. The summed E-state index contributed by atoms with van der Waals surface area (Å²) in [5, 5.41) is 2.64. The number of hydrogen-bond acceptors (Lipinski definition) is 9. The Morgan fingerprint density at radius 1 is 1.19 bits per heavy atom. The van der Waals surface area contributed by atoms with Crippen molar-refractivity contribution in [1.29, 1.82) is 0 Å². The highest BCUT2D eigenvalue weighted by atomic mass is 32.2. The molecule has 4 fully saturated rings. The zero-order valence-corrected chi connectivity index (χ0v) is 28.0. The fourth-order valence-electron chi connectivity index (χ4n) is 7.67. The Labute approximate surface area is 261 Å². The highest BCUT2D eigenvalue weighted by Crippen LogP contribution is 2.63. The Balaban J connectivity index is 1.48. The highest BCUT2D eigenvalue weighted by Gasteiger charge is 2.60. The largest absolute Gasteiger partial charge is 0.458 e. The van der Waals surface area contributed by atoms with Crippen LogP contribution < -0.4 is 5.32 Å². The number of rotatable bonds is 8. The molecule has 2 heterocycles. The maximum absolute atomic E-state index is 13.2. The number of nitrogens with one attached hydrogen (secondary N) is 1. The Morgan fingerprint density at radius 2 is 1.91 bits per heavy atom. The number of fused-ring (bicyclic) bond motifs is 3. The zero-order chi connectivity index (χ0) is 31.8. The van der Waals surface area contributed by atoms with Gasteiger partial charge >= 0.3 is 18.0 Å². The van der Waals surface area contributed by atoms with Gasteiger partial charge in [0.25, 0.3) is 0 Å². The van der Waals surface area contributed by atoms with Crippen LogP contribution in [0, 0.1) is 22.7 Å². The molecule has 1 unspecified atom stereocenters. The molecule has 43 heavy (non-hydrogen) atoms. The molecule has 2 aliphatic carbocycles. The van der Waals surface area contributed by atoms with Crippen LogP contribution in [0.25, 0.3) is 0 Å². The first kappa shape index (κ1) is 33.8. The number of carbonyl (C=O) groups excluding carboxylic acids is 3. The van der Waals surface area contributed by atoms with Gasteiger partial charge in [0.1, 0.15) is 18.2 Å². The summed E-state index contributed by atoms with van der Waals surface area (Å²) in [4.78, 5) is 38.5. The van der Waals surface area contributed by atoms with Gasteiger partial charge in [-0.2, -0.15) is 11.8 Å². The molecule has 1 amide bonds. The van der Waals surface area contributed by atoms with Crippen LogP contribution in [0.5, 0.6) is 0 Å². The van der Waals surface area contributed by atoms with Crippen molar-refractivity contribution in [2.75, 3.05) is 25.2 Å². The molecule has 2 saturated heterocycles. The fraction of sp³-hybridized carbons (Fsp3) is 0.788. The summed E-state index contributed by atoms with van der Waals surface area (Å²) in [6, 6.07) is -0.905. The first-order chi connectivity index (χ1) is 20.0. The van der Waals surface area contributed by atoms with Crippen LogP contribution in [-0.4, -0.2) is 72.9 Å². The second-order valence-corrected chi connectivity index (χ2v) is 15.5.